The second-order valence-electron chi connectivity index (χ2n) is 7.73. The Morgan fingerprint density at radius 3 is 2.29 bits per heavy atom. The summed E-state index contributed by atoms with van der Waals surface area (Å²) in [6.45, 7) is 8.39. The Balaban J connectivity index is 1.57. The van der Waals surface area contributed by atoms with Crippen molar-refractivity contribution < 1.29 is 14.3 Å². The number of carbonyl (C=O) groups is 1. The highest BCUT2D eigenvalue weighted by molar-refractivity contribution is 6.30. The minimum atomic E-state index is -0.476. The lowest BCUT2D eigenvalue weighted by molar-refractivity contribution is 0.0240. The molecule has 7 heteroatoms. The fourth-order valence-electron chi connectivity index (χ4n) is 2.92. The van der Waals surface area contributed by atoms with Crippen LogP contribution in [0.5, 0.6) is 11.5 Å². The minimum Gasteiger partial charge on any atom is -0.455 e. The van der Waals surface area contributed by atoms with Crippen molar-refractivity contribution >= 4 is 29.1 Å². The maximum atomic E-state index is 12.2. The van der Waals surface area contributed by atoms with E-state index in [0.29, 0.717) is 35.3 Å². The average molecular weight is 404 g/mol. The summed E-state index contributed by atoms with van der Waals surface area (Å²) in [4.78, 5) is 16.2. The van der Waals surface area contributed by atoms with Gasteiger partial charge in [0.2, 0.25) is 0 Å². The van der Waals surface area contributed by atoms with Gasteiger partial charge in [0.15, 0.2) is 5.75 Å². The molecule has 2 aromatic carbocycles. The molecule has 1 aliphatic rings. The van der Waals surface area contributed by atoms with Crippen LogP contribution >= 0.6 is 11.6 Å². The van der Waals surface area contributed by atoms with E-state index >= 15 is 0 Å². The molecule has 0 aliphatic carbocycles. The van der Waals surface area contributed by atoms with Crippen molar-refractivity contribution in [1.29, 1.82) is 0 Å². The molecule has 0 aromatic heterocycles. The van der Waals surface area contributed by atoms with E-state index in [-0.39, 0.29) is 6.09 Å². The first-order valence-electron chi connectivity index (χ1n) is 9.27. The molecule has 150 valence electrons. The molecule has 1 aliphatic heterocycles. The summed E-state index contributed by atoms with van der Waals surface area (Å²) in [5.41, 5.74) is 7.06. The van der Waals surface area contributed by atoms with Gasteiger partial charge in [-0.05, 0) is 57.2 Å². The lowest BCUT2D eigenvalue weighted by Crippen LogP contribution is -2.50. The molecule has 3 rings (SSSR count). The molecule has 1 heterocycles. The number of halogens is 1. The Morgan fingerprint density at radius 1 is 1.04 bits per heavy atom. The van der Waals surface area contributed by atoms with Crippen molar-refractivity contribution in [2.24, 2.45) is 0 Å². The topological polar surface area (TPSA) is 68.0 Å². The van der Waals surface area contributed by atoms with E-state index < -0.39 is 5.60 Å². The maximum Gasteiger partial charge on any atom is 0.410 e. The number of piperazine rings is 1. The molecule has 1 saturated heterocycles. The van der Waals surface area contributed by atoms with Gasteiger partial charge in [0.05, 0.1) is 5.69 Å². The molecule has 2 aromatic rings. The van der Waals surface area contributed by atoms with E-state index in [1.165, 1.54) is 0 Å². The van der Waals surface area contributed by atoms with Crippen LogP contribution in [0.3, 0.4) is 0 Å². The van der Waals surface area contributed by atoms with Crippen molar-refractivity contribution in [3.63, 3.8) is 0 Å². The van der Waals surface area contributed by atoms with E-state index in [1.54, 1.807) is 23.1 Å². The van der Waals surface area contributed by atoms with Crippen LogP contribution in [0.15, 0.2) is 42.5 Å². The van der Waals surface area contributed by atoms with Gasteiger partial charge in [0, 0.05) is 43.0 Å². The monoisotopic (exact) mass is 403 g/mol. The van der Waals surface area contributed by atoms with E-state index in [2.05, 4.69) is 4.90 Å². The van der Waals surface area contributed by atoms with E-state index in [9.17, 15) is 4.79 Å². The van der Waals surface area contributed by atoms with Crippen LogP contribution in [0.25, 0.3) is 0 Å². The van der Waals surface area contributed by atoms with E-state index in [0.717, 1.165) is 18.8 Å². The van der Waals surface area contributed by atoms with Crippen molar-refractivity contribution in [1.82, 2.24) is 4.90 Å². The van der Waals surface area contributed by atoms with Crippen LogP contribution in [0.4, 0.5) is 16.2 Å². The second-order valence-corrected chi connectivity index (χ2v) is 8.17. The summed E-state index contributed by atoms with van der Waals surface area (Å²) in [7, 11) is 0. The average Bonchev–Trinajstić information content (AvgIpc) is 2.64. The van der Waals surface area contributed by atoms with E-state index in [4.69, 9.17) is 26.8 Å². The smallest absolute Gasteiger partial charge is 0.410 e. The van der Waals surface area contributed by atoms with Gasteiger partial charge in [-0.2, -0.15) is 0 Å². The summed E-state index contributed by atoms with van der Waals surface area (Å²) in [5.74, 6) is 1.22. The fraction of sp³-hybridized carbons (Fsp3) is 0.381. The zero-order chi connectivity index (χ0) is 20.3. The Bertz CT molecular complexity index is 826. The zero-order valence-corrected chi connectivity index (χ0v) is 17.2. The number of anilines is 2. The Labute approximate surface area is 170 Å². The standard InChI is InChI=1S/C21H26ClN3O3/c1-21(2,3)28-20(26)25-12-10-24(11-13-25)16-5-7-17(8-6-16)27-19-14-15(22)4-9-18(19)23/h4-9,14H,10-13,23H2,1-3H3. The fourth-order valence-corrected chi connectivity index (χ4v) is 3.08. The second kappa shape index (κ2) is 8.19. The normalized spacial score (nSPS) is 14.7. The minimum absolute atomic E-state index is 0.255. The third kappa shape index (κ3) is 5.23. The largest absolute Gasteiger partial charge is 0.455 e. The highest BCUT2D eigenvalue weighted by Crippen LogP contribution is 2.31. The summed E-state index contributed by atoms with van der Waals surface area (Å²) in [6, 6.07) is 12.9. The van der Waals surface area contributed by atoms with Gasteiger partial charge in [0.25, 0.3) is 0 Å². The van der Waals surface area contributed by atoms with Crippen LogP contribution in [0.1, 0.15) is 20.8 Å². The predicted octanol–water partition coefficient (Wildman–Crippen LogP) is 4.77. The van der Waals surface area contributed by atoms with Crippen molar-refractivity contribution in [3.8, 4) is 11.5 Å². The van der Waals surface area contributed by atoms with Gasteiger partial charge in [-0.15, -0.1) is 0 Å². The number of amides is 1. The van der Waals surface area contributed by atoms with Gasteiger partial charge in [-0.1, -0.05) is 11.6 Å². The SMILES string of the molecule is CC(C)(C)OC(=O)N1CCN(c2ccc(Oc3cc(Cl)ccc3N)cc2)CC1. The molecule has 1 amide bonds. The van der Waals surface area contributed by atoms with Crippen molar-refractivity contribution in [3.05, 3.63) is 47.5 Å². The molecule has 6 nitrogen and oxygen atoms in total. The molecular formula is C21H26ClN3O3. The Morgan fingerprint density at radius 2 is 1.68 bits per heavy atom. The zero-order valence-electron chi connectivity index (χ0n) is 16.4. The Hall–Kier alpha value is -2.60. The lowest BCUT2D eigenvalue weighted by atomic mass is 10.2. The van der Waals surface area contributed by atoms with E-state index in [1.807, 2.05) is 45.0 Å². The quantitative estimate of drug-likeness (QED) is 0.747. The van der Waals surface area contributed by atoms with Gasteiger partial charge in [-0.3, -0.25) is 0 Å². The molecular weight excluding hydrogens is 378 g/mol. The lowest BCUT2D eigenvalue weighted by Gasteiger charge is -2.36. The first-order chi connectivity index (χ1) is 13.2. The van der Waals surface area contributed by atoms with Crippen LogP contribution in [0.2, 0.25) is 5.02 Å². The van der Waals surface area contributed by atoms with Crippen LogP contribution in [0, 0.1) is 0 Å². The van der Waals surface area contributed by atoms with Gasteiger partial charge >= 0.3 is 6.09 Å². The molecule has 0 atom stereocenters. The van der Waals surface area contributed by atoms with Crippen LogP contribution in [-0.2, 0) is 4.74 Å². The maximum absolute atomic E-state index is 12.2. The van der Waals surface area contributed by atoms with Gasteiger partial charge in [-0.25, -0.2) is 4.79 Å². The number of ether oxygens (including phenoxy) is 2. The predicted molar refractivity (Wildman–Crippen MR) is 112 cm³/mol. The number of nitrogens with zero attached hydrogens (tertiary/aromatic N) is 2. The van der Waals surface area contributed by atoms with Crippen LogP contribution < -0.4 is 15.4 Å². The molecule has 0 bridgehead atoms. The molecule has 2 N–H and O–H groups in total. The summed E-state index contributed by atoms with van der Waals surface area (Å²) in [6.07, 6.45) is -0.255. The first kappa shape index (κ1) is 20.1. The highest BCUT2D eigenvalue weighted by atomic mass is 35.5. The first-order valence-corrected chi connectivity index (χ1v) is 9.65. The molecule has 1 fully saturated rings. The molecule has 0 spiro atoms. The number of carbonyl (C=O) groups excluding carboxylic acids is 1. The molecule has 0 unspecified atom stereocenters. The number of nitrogens with two attached hydrogens (primary N) is 1. The number of nitrogen functional groups attached to an aromatic ring is 1. The number of hydrogen-bond acceptors (Lipinski definition) is 5. The Kier molecular flexibility index (Phi) is 5.89. The van der Waals surface area contributed by atoms with Crippen molar-refractivity contribution in [2.45, 2.75) is 26.4 Å². The summed E-state index contributed by atoms with van der Waals surface area (Å²) >= 11 is 6.00. The third-order valence-corrected chi connectivity index (χ3v) is 4.57. The number of hydrogen-bond donors (Lipinski definition) is 1. The summed E-state index contributed by atoms with van der Waals surface area (Å²) < 4.78 is 11.3. The summed E-state index contributed by atoms with van der Waals surface area (Å²) in [5, 5.41) is 0.573. The van der Waals surface area contributed by atoms with Gasteiger partial charge < -0.3 is 25.0 Å². The number of rotatable bonds is 3. The number of benzene rings is 2. The molecule has 0 radical (unpaired) electrons. The third-order valence-electron chi connectivity index (χ3n) is 4.34. The highest BCUT2D eigenvalue weighted by Gasteiger charge is 2.25. The van der Waals surface area contributed by atoms with Crippen molar-refractivity contribution in [2.75, 3.05) is 36.8 Å². The molecule has 0 saturated carbocycles. The van der Waals surface area contributed by atoms with Crippen LogP contribution in [-0.4, -0.2) is 42.8 Å². The molecule has 28 heavy (non-hydrogen) atoms. The van der Waals surface area contributed by atoms with Gasteiger partial charge in [0.1, 0.15) is 11.4 Å².